The van der Waals surface area contributed by atoms with Gasteiger partial charge in [0.25, 0.3) is 5.91 Å². The largest absolute Gasteiger partial charge is 0.354 e. The van der Waals surface area contributed by atoms with Gasteiger partial charge in [0, 0.05) is 50.9 Å². The first-order chi connectivity index (χ1) is 14.0. The average molecular weight is 401 g/mol. The fourth-order valence-corrected chi connectivity index (χ4v) is 4.89. The van der Waals surface area contributed by atoms with E-state index in [1.165, 1.54) is 19.3 Å². The van der Waals surface area contributed by atoms with E-state index < -0.39 is 0 Å². The fraction of sp³-hybridized carbons (Fsp3) is 0.696. The Kier molecular flexibility index (Phi) is 7.64. The van der Waals surface area contributed by atoms with E-state index in [4.69, 9.17) is 0 Å². The molecule has 0 bridgehead atoms. The lowest BCUT2D eigenvalue weighted by atomic mass is 9.77. The zero-order valence-corrected chi connectivity index (χ0v) is 18.0. The number of aromatic nitrogens is 1. The van der Waals surface area contributed by atoms with Crippen molar-refractivity contribution >= 4 is 11.8 Å². The second-order valence-corrected chi connectivity index (χ2v) is 9.01. The van der Waals surface area contributed by atoms with Crippen molar-refractivity contribution in [2.24, 2.45) is 5.92 Å². The van der Waals surface area contributed by atoms with Crippen molar-refractivity contribution in [1.82, 2.24) is 20.1 Å². The fourth-order valence-electron chi connectivity index (χ4n) is 4.89. The third kappa shape index (κ3) is 5.78. The predicted octanol–water partition coefficient (Wildman–Crippen LogP) is 3.09. The number of amides is 2. The molecule has 6 nitrogen and oxygen atoms in total. The molecule has 2 amide bonds. The van der Waals surface area contributed by atoms with Crippen LogP contribution in [-0.2, 0) is 4.79 Å². The Morgan fingerprint density at radius 1 is 1.14 bits per heavy atom. The number of carbonyl (C=O) groups is 2. The summed E-state index contributed by atoms with van der Waals surface area (Å²) in [6.45, 7) is 8.14. The van der Waals surface area contributed by atoms with Crippen LogP contribution in [0.25, 0.3) is 0 Å². The summed E-state index contributed by atoms with van der Waals surface area (Å²) in [5.74, 6) is 0.614. The third-order valence-electron chi connectivity index (χ3n) is 6.26. The molecule has 1 aromatic heterocycles. The molecule has 1 saturated heterocycles. The molecule has 160 valence electrons. The molecule has 0 aromatic carbocycles. The molecule has 2 aliphatic rings. The smallest absolute Gasteiger partial charge is 0.272 e. The van der Waals surface area contributed by atoms with E-state index in [0.717, 1.165) is 32.4 Å². The van der Waals surface area contributed by atoms with Gasteiger partial charge >= 0.3 is 0 Å². The number of carbonyl (C=O) groups excluding carboxylic acids is 2. The van der Waals surface area contributed by atoms with E-state index in [1.54, 1.807) is 12.3 Å². The van der Waals surface area contributed by atoms with Crippen LogP contribution in [0.2, 0.25) is 0 Å². The Balaban J connectivity index is 1.77. The van der Waals surface area contributed by atoms with Gasteiger partial charge in [0.1, 0.15) is 5.69 Å². The predicted molar refractivity (Wildman–Crippen MR) is 115 cm³/mol. The Morgan fingerprint density at radius 2 is 1.93 bits per heavy atom. The SMILES string of the molecule is CC(C)CN1CCCN(C(=O)c2ccccn2)CCNC(=O)CC12CCCCC2. The minimum Gasteiger partial charge on any atom is -0.354 e. The van der Waals surface area contributed by atoms with Gasteiger partial charge in [-0.1, -0.05) is 39.2 Å². The molecule has 29 heavy (non-hydrogen) atoms. The molecule has 1 aliphatic heterocycles. The highest BCUT2D eigenvalue weighted by Gasteiger charge is 2.40. The Hall–Kier alpha value is -1.95. The van der Waals surface area contributed by atoms with E-state index >= 15 is 0 Å². The topological polar surface area (TPSA) is 65.5 Å². The maximum absolute atomic E-state index is 12.9. The molecule has 1 spiro atoms. The van der Waals surface area contributed by atoms with Gasteiger partial charge in [0.05, 0.1) is 0 Å². The number of nitrogens with one attached hydrogen (secondary N) is 1. The van der Waals surface area contributed by atoms with E-state index in [1.807, 2.05) is 17.0 Å². The minimum absolute atomic E-state index is 0.0211. The molecule has 1 saturated carbocycles. The van der Waals surface area contributed by atoms with Crippen molar-refractivity contribution in [2.45, 2.75) is 64.3 Å². The van der Waals surface area contributed by atoms with Gasteiger partial charge in [-0.2, -0.15) is 0 Å². The van der Waals surface area contributed by atoms with Crippen molar-refractivity contribution in [2.75, 3.05) is 32.7 Å². The molecule has 3 rings (SSSR count). The molecule has 0 atom stereocenters. The van der Waals surface area contributed by atoms with Gasteiger partial charge in [-0.05, 0) is 37.3 Å². The molecule has 1 aliphatic carbocycles. The van der Waals surface area contributed by atoms with Crippen LogP contribution in [-0.4, -0.2) is 64.9 Å². The lowest BCUT2D eigenvalue weighted by Crippen LogP contribution is -2.54. The Bertz CT molecular complexity index is 671. The summed E-state index contributed by atoms with van der Waals surface area (Å²) in [5.41, 5.74) is 0.448. The summed E-state index contributed by atoms with van der Waals surface area (Å²) in [5, 5.41) is 3.08. The second-order valence-electron chi connectivity index (χ2n) is 9.01. The molecular formula is C23H36N4O2. The number of rotatable bonds is 3. The summed E-state index contributed by atoms with van der Waals surface area (Å²) in [6.07, 6.45) is 9.02. The standard InChI is InChI=1S/C23H36N4O2/c1-19(2)18-27-15-8-14-26(22(29)20-9-4-7-12-24-20)16-13-25-21(28)17-23(27)10-5-3-6-11-23/h4,7,9,12,19H,3,5-6,8,10-11,13-18H2,1-2H3,(H,25,28). The maximum Gasteiger partial charge on any atom is 0.272 e. The molecule has 0 radical (unpaired) electrons. The van der Waals surface area contributed by atoms with Crippen LogP contribution in [0.3, 0.4) is 0 Å². The minimum atomic E-state index is -0.0538. The van der Waals surface area contributed by atoms with Crippen molar-refractivity contribution in [3.05, 3.63) is 30.1 Å². The van der Waals surface area contributed by atoms with Gasteiger partial charge in [-0.3, -0.25) is 19.5 Å². The molecule has 2 heterocycles. The molecule has 0 unspecified atom stereocenters. The first-order valence-corrected chi connectivity index (χ1v) is 11.2. The monoisotopic (exact) mass is 400 g/mol. The van der Waals surface area contributed by atoms with Crippen molar-refractivity contribution < 1.29 is 9.59 Å². The van der Waals surface area contributed by atoms with Crippen LogP contribution < -0.4 is 5.32 Å². The number of hydrogen-bond donors (Lipinski definition) is 1. The van der Waals surface area contributed by atoms with Crippen LogP contribution in [0.15, 0.2) is 24.4 Å². The van der Waals surface area contributed by atoms with E-state index in [9.17, 15) is 9.59 Å². The normalized spacial score (nSPS) is 21.6. The van der Waals surface area contributed by atoms with Crippen LogP contribution in [0.4, 0.5) is 0 Å². The van der Waals surface area contributed by atoms with Crippen molar-refractivity contribution in [3.8, 4) is 0 Å². The quantitative estimate of drug-likeness (QED) is 0.847. The zero-order valence-electron chi connectivity index (χ0n) is 18.0. The lowest BCUT2D eigenvalue weighted by molar-refractivity contribution is -0.125. The highest BCUT2D eigenvalue weighted by Crippen LogP contribution is 2.37. The lowest BCUT2D eigenvalue weighted by Gasteiger charge is -2.47. The van der Waals surface area contributed by atoms with Gasteiger partial charge < -0.3 is 10.2 Å². The van der Waals surface area contributed by atoms with Gasteiger partial charge in [-0.15, -0.1) is 0 Å². The maximum atomic E-state index is 12.9. The summed E-state index contributed by atoms with van der Waals surface area (Å²) >= 11 is 0. The number of pyridine rings is 1. The molecule has 6 heteroatoms. The Labute approximate surface area is 175 Å². The Morgan fingerprint density at radius 3 is 2.62 bits per heavy atom. The first-order valence-electron chi connectivity index (χ1n) is 11.2. The summed E-state index contributed by atoms with van der Waals surface area (Å²) in [6, 6.07) is 5.41. The van der Waals surface area contributed by atoms with Gasteiger partial charge in [0.15, 0.2) is 0 Å². The first kappa shape index (κ1) is 21.8. The highest BCUT2D eigenvalue weighted by molar-refractivity contribution is 5.92. The van der Waals surface area contributed by atoms with E-state index in [-0.39, 0.29) is 17.4 Å². The molecule has 2 fully saturated rings. The third-order valence-corrected chi connectivity index (χ3v) is 6.26. The van der Waals surface area contributed by atoms with Crippen LogP contribution in [0.1, 0.15) is 69.3 Å². The molecule has 1 aromatic rings. The van der Waals surface area contributed by atoms with Crippen LogP contribution in [0.5, 0.6) is 0 Å². The van der Waals surface area contributed by atoms with E-state index in [0.29, 0.717) is 37.7 Å². The summed E-state index contributed by atoms with van der Waals surface area (Å²) in [4.78, 5) is 34.4. The van der Waals surface area contributed by atoms with Crippen molar-refractivity contribution in [1.29, 1.82) is 0 Å². The second kappa shape index (κ2) is 10.2. The molecule has 1 N–H and O–H groups in total. The zero-order chi connectivity index (χ0) is 20.7. The highest BCUT2D eigenvalue weighted by atomic mass is 16.2. The van der Waals surface area contributed by atoms with Crippen LogP contribution in [0, 0.1) is 5.92 Å². The molecular weight excluding hydrogens is 364 g/mol. The van der Waals surface area contributed by atoms with Crippen molar-refractivity contribution in [3.63, 3.8) is 0 Å². The van der Waals surface area contributed by atoms with E-state index in [2.05, 4.69) is 29.0 Å². The summed E-state index contributed by atoms with van der Waals surface area (Å²) < 4.78 is 0. The van der Waals surface area contributed by atoms with Gasteiger partial charge in [-0.25, -0.2) is 0 Å². The van der Waals surface area contributed by atoms with Gasteiger partial charge in [0.2, 0.25) is 5.91 Å². The number of nitrogens with zero attached hydrogens (tertiary/aromatic N) is 3. The summed E-state index contributed by atoms with van der Waals surface area (Å²) in [7, 11) is 0. The number of hydrogen-bond acceptors (Lipinski definition) is 4. The average Bonchev–Trinajstić information content (AvgIpc) is 2.74. The van der Waals surface area contributed by atoms with Crippen LogP contribution >= 0.6 is 0 Å².